The van der Waals surface area contributed by atoms with Gasteiger partial charge in [0.25, 0.3) is 11.5 Å². The summed E-state index contributed by atoms with van der Waals surface area (Å²) < 4.78 is 0. The van der Waals surface area contributed by atoms with Gasteiger partial charge in [-0.3, -0.25) is 19.4 Å². The number of carbonyl (C=O) groups is 2. The molecule has 0 aromatic carbocycles. The van der Waals surface area contributed by atoms with Crippen molar-refractivity contribution in [3.63, 3.8) is 0 Å². The van der Waals surface area contributed by atoms with E-state index in [1.54, 1.807) is 24.4 Å². The lowest BCUT2D eigenvalue weighted by molar-refractivity contribution is -0.135. The van der Waals surface area contributed by atoms with Gasteiger partial charge in [-0.05, 0) is 37.8 Å². The minimum absolute atomic E-state index is 0.00384. The van der Waals surface area contributed by atoms with Crippen LogP contribution in [0, 0.1) is 5.92 Å². The summed E-state index contributed by atoms with van der Waals surface area (Å²) in [7, 11) is 0. The highest BCUT2D eigenvalue weighted by Gasteiger charge is 2.30. The zero-order valence-corrected chi connectivity index (χ0v) is 18.8. The molecule has 170 valence electrons. The lowest BCUT2D eigenvalue weighted by Gasteiger charge is -2.34. The largest absolute Gasteiger partial charge is 0.342 e. The molecule has 2 aliphatic heterocycles. The molecule has 2 aromatic heterocycles. The molecule has 0 aliphatic carbocycles. The molecule has 0 radical (unpaired) electrons. The van der Waals surface area contributed by atoms with Crippen molar-refractivity contribution in [3.05, 3.63) is 58.0 Å². The Labute approximate surface area is 188 Å². The summed E-state index contributed by atoms with van der Waals surface area (Å²) >= 11 is 0. The number of nitrogens with one attached hydrogen (secondary N) is 1. The first-order chi connectivity index (χ1) is 15.4. The molecule has 1 N–H and O–H groups in total. The zero-order valence-electron chi connectivity index (χ0n) is 18.8. The molecule has 0 bridgehead atoms. The van der Waals surface area contributed by atoms with E-state index in [4.69, 9.17) is 4.98 Å². The van der Waals surface area contributed by atoms with E-state index in [2.05, 4.69) is 9.97 Å². The number of carbonyl (C=O) groups excluding carboxylic acids is 2. The van der Waals surface area contributed by atoms with Crippen LogP contribution < -0.4 is 5.56 Å². The van der Waals surface area contributed by atoms with Gasteiger partial charge in [0.2, 0.25) is 5.91 Å². The predicted molar refractivity (Wildman–Crippen MR) is 120 cm³/mol. The molecule has 8 heteroatoms. The Morgan fingerprint density at radius 3 is 2.53 bits per heavy atom. The van der Waals surface area contributed by atoms with Gasteiger partial charge in [-0.25, -0.2) is 4.98 Å². The second-order valence-electron chi connectivity index (χ2n) is 9.12. The van der Waals surface area contributed by atoms with E-state index < -0.39 is 0 Å². The molecule has 2 saturated heterocycles. The number of aromatic nitrogens is 3. The number of pyridine rings is 1. The van der Waals surface area contributed by atoms with Crippen LogP contribution in [-0.2, 0) is 4.79 Å². The van der Waals surface area contributed by atoms with E-state index in [1.807, 2.05) is 29.7 Å². The molecule has 2 fully saturated rings. The first-order valence-electron chi connectivity index (χ1n) is 11.5. The van der Waals surface area contributed by atoms with Crippen molar-refractivity contribution >= 4 is 11.8 Å². The molecule has 32 heavy (non-hydrogen) atoms. The van der Waals surface area contributed by atoms with Gasteiger partial charge >= 0.3 is 0 Å². The molecule has 2 aromatic rings. The average Bonchev–Trinajstić information content (AvgIpc) is 2.83. The highest BCUT2D eigenvalue weighted by Crippen LogP contribution is 2.29. The van der Waals surface area contributed by atoms with Crippen LogP contribution in [0.15, 0.2) is 35.3 Å². The number of H-pyrrole nitrogens is 1. The molecule has 8 nitrogen and oxygen atoms in total. The molecule has 0 saturated carbocycles. The van der Waals surface area contributed by atoms with Crippen LogP contribution in [0.5, 0.6) is 0 Å². The Kier molecular flexibility index (Phi) is 6.67. The summed E-state index contributed by atoms with van der Waals surface area (Å²) in [6.07, 6.45) is 4.96. The fourth-order valence-electron chi connectivity index (χ4n) is 4.69. The molecule has 4 heterocycles. The Morgan fingerprint density at radius 2 is 1.84 bits per heavy atom. The normalized spacial score (nSPS) is 19.9. The molecule has 0 unspecified atom stereocenters. The summed E-state index contributed by atoms with van der Waals surface area (Å²) in [5.74, 6) is 0.961. The summed E-state index contributed by atoms with van der Waals surface area (Å²) in [4.78, 5) is 53.2. The van der Waals surface area contributed by atoms with Gasteiger partial charge in [0.1, 0.15) is 11.5 Å². The molecule has 2 amide bonds. The van der Waals surface area contributed by atoms with Crippen LogP contribution in [-0.4, -0.2) is 62.7 Å². The number of amides is 2. The van der Waals surface area contributed by atoms with Crippen LogP contribution in [0.4, 0.5) is 0 Å². The molecular formula is C24H31N5O3. The van der Waals surface area contributed by atoms with Crippen molar-refractivity contribution in [3.8, 4) is 0 Å². The van der Waals surface area contributed by atoms with Crippen molar-refractivity contribution in [2.45, 2.75) is 51.4 Å². The fraction of sp³-hybridized carbons (Fsp3) is 0.542. The third-order valence-electron chi connectivity index (χ3n) is 6.48. The van der Waals surface area contributed by atoms with Crippen LogP contribution in [0.3, 0.4) is 0 Å². The number of piperidine rings is 2. The first kappa shape index (κ1) is 22.2. The summed E-state index contributed by atoms with van der Waals surface area (Å²) in [6, 6.07) is 6.90. The van der Waals surface area contributed by atoms with E-state index >= 15 is 0 Å². The Hall–Kier alpha value is -3.03. The van der Waals surface area contributed by atoms with Crippen molar-refractivity contribution in [2.75, 3.05) is 26.2 Å². The van der Waals surface area contributed by atoms with E-state index in [9.17, 15) is 14.4 Å². The van der Waals surface area contributed by atoms with Crippen molar-refractivity contribution in [1.29, 1.82) is 0 Å². The number of nitrogens with zero attached hydrogens (tertiary/aromatic N) is 4. The Balaban J connectivity index is 1.46. The van der Waals surface area contributed by atoms with Gasteiger partial charge in [0.05, 0.1) is 5.69 Å². The van der Waals surface area contributed by atoms with Crippen LogP contribution >= 0.6 is 0 Å². The second kappa shape index (κ2) is 9.63. The van der Waals surface area contributed by atoms with Crippen LogP contribution in [0.1, 0.15) is 73.4 Å². The maximum absolute atomic E-state index is 12.8. The van der Waals surface area contributed by atoms with E-state index in [0.717, 1.165) is 31.4 Å². The van der Waals surface area contributed by atoms with Gasteiger partial charge in [-0.15, -0.1) is 0 Å². The summed E-state index contributed by atoms with van der Waals surface area (Å²) in [5.41, 5.74) is 1.04. The van der Waals surface area contributed by atoms with Gasteiger partial charge in [-0.1, -0.05) is 19.9 Å². The number of aromatic amines is 1. The quantitative estimate of drug-likeness (QED) is 0.792. The zero-order chi connectivity index (χ0) is 22.7. The van der Waals surface area contributed by atoms with Crippen LogP contribution in [0.25, 0.3) is 0 Å². The van der Waals surface area contributed by atoms with Gasteiger partial charge in [0.15, 0.2) is 0 Å². The lowest BCUT2D eigenvalue weighted by atomic mass is 9.92. The standard InChI is InChI=1S/C24H31N5O3/c1-16(2)23(31)28-12-8-17(9-13-28)22-26-20(14-21(30)27-22)18-6-5-11-29(15-18)24(32)19-7-3-4-10-25-19/h3-4,7,10,14,16-18H,5-6,8-9,11-13,15H2,1-2H3,(H,26,27,30)/t18-/m0/s1. The van der Waals surface area contributed by atoms with Crippen molar-refractivity contribution in [2.24, 2.45) is 5.92 Å². The monoisotopic (exact) mass is 437 g/mol. The number of hydrogen-bond acceptors (Lipinski definition) is 5. The summed E-state index contributed by atoms with van der Waals surface area (Å²) in [5, 5.41) is 0. The van der Waals surface area contributed by atoms with Crippen molar-refractivity contribution in [1.82, 2.24) is 24.8 Å². The van der Waals surface area contributed by atoms with Gasteiger partial charge < -0.3 is 14.8 Å². The Bertz CT molecular complexity index is 1010. The third kappa shape index (κ3) is 4.89. The Morgan fingerprint density at radius 1 is 1.06 bits per heavy atom. The molecular weight excluding hydrogens is 406 g/mol. The minimum atomic E-state index is -0.154. The highest BCUT2D eigenvalue weighted by atomic mass is 16.2. The molecule has 2 aliphatic rings. The minimum Gasteiger partial charge on any atom is -0.342 e. The van der Waals surface area contributed by atoms with Crippen molar-refractivity contribution < 1.29 is 9.59 Å². The topological polar surface area (TPSA) is 99.3 Å². The maximum Gasteiger partial charge on any atom is 0.272 e. The average molecular weight is 438 g/mol. The number of hydrogen-bond donors (Lipinski definition) is 1. The van der Waals surface area contributed by atoms with E-state index in [1.165, 1.54) is 0 Å². The number of rotatable bonds is 4. The predicted octanol–water partition coefficient (Wildman–Crippen LogP) is 2.55. The molecule has 4 rings (SSSR count). The summed E-state index contributed by atoms with van der Waals surface area (Å²) in [6.45, 7) is 6.43. The van der Waals surface area contributed by atoms with E-state index in [0.29, 0.717) is 37.7 Å². The van der Waals surface area contributed by atoms with Gasteiger partial charge in [-0.2, -0.15) is 0 Å². The number of likely N-dealkylation sites (tertiary alicyclic amines) is 2. The maximum atomic E-state index is 12.8. The smallest absolute Gasteiger partial charge is 0.272 e. The SMILES string of the molecule is CC(C)C(=O)N1CCC(c2nc([C@H]3CCCN(C(=O)c4ccccn4)C3)cc(=O)[nH]2)CC1. The molecule has 1 atom stereocenters. The van der Waals surface area contributed by atoms with Gasteiger partial charge in [0, 0.05) is 56.2 Å². The third-order valence-corrected chi connectivity index (χ3v) is 6.48. The van der Waals surface area contributed by atoms with Crippen LogP contribution in [0.2, 0.25) is 0 Å². The van der Waals surface area contributed by atoms with E-state index in [-0.39, 0.29) is 35.1 Å². The highest BCUT2D eigenvalue weighted by molar-refractivity contribution is 5.92. The lowest BCUT2D eigenvalue weighted by Crippen LogP contribution is -2.41. The molecule has 0 spiro atoms. The first-order valence-corrected chi connectivity index (χ1v) is 11.5. The fourth-order valence-corrected chi connectivity index (χ4v) is 4.69. The second-order valence-corrected chi connectivity index (χ2v) is 9.12.